The van der Waals surface area contributed by atoms with Crippen molar-refractivity contribution < 1.29 is 17.9 Å². The molecule has 0 atom stereocenters. The van der Waals surface area contributed by atoms with Crippen LogP contribution in [-0.2, 0) is 10.0 Å². The highest BCUT2D eigenvalue weighted by molar-refractivity contribution is 7.92. The molecule has 140 valence electrons. The van der Waals surface area contributed by atoms with Gasteiger partial charge in [0.1, 0.15) is 5.75 Å². The van der Waals surface area contributed by atoms with Crippen LogP contribution in [0.15, 0.2) is 53.4 Å². The predicted molar refractivity (Wildman–Crippen MR) is 97.0 cm³/mol. The van der Waals surface area contributed by atoms with Gasteiger partial charge in [0.2, 0.25) is 0 Å². The number of aromatic nitrogens is 4. The molecule has 1 amide bonds. The number of aromatic amines is 1. The Balaban J connectivity index is 1.83. The number of nitrogens with one attached hydrogen (secondary N) is 3. The fourth-order valence-corrected chi connectivity index (χ4v) is 3.32. The minimum Gasteiger partial charge on any atom is -0.494 e. The van der Waals surface area contributed by atoms with Crippen LogP contribution in [0.3, 0.4) is 0 Å². The monoisotopic (exact) mass is 388 g/mol. The summed E-state index contributed by atoms with van der Waals surface area (Å²) in [4.78, 5) is 12.4. The summed E-state index contributed by atoms with van der Waals surface area (Å²) >= 11 is 0. The standard InChI is InChI=1S/C16H16N6O4S/c1-2-26-11-7-9-12(10-8-11)27(24,25)20-14-6-4-3-5-13(14)15(23)17-16-18-21-22-19-16/h3-10,20H,2H2,1H3,(H2,17,18,19,21,22,23). The third-order valence-corrected chi connectivity index (χ3v) is 4.81. The summed E-state index contributed by atoms with van der Waals surface area (Å²) in [6.45, 7) is 2.32. The number of amides is 1. The molecule has 0 aliphatic carbocycles. The first-order chi connectivity index (χ1) is 13.0. The van der Waals surface area contributed by atoms with E-state index in [0.29, 0.717) is 12.4 Å². The van der Waals surface area contributed by atoms with Crippen molar-refractivity contribution in [1.29, 1.82) is 0 Å². The number of ether oxygens (including phenoxy) is 1. The molecular formula is C16H16N6O4S. The third kappa shape index (κ3) is 4.39. The Labute approximate surface area is 155 Å². The Morgan fingerprint density at radius 2 is 1.89 bits per heavy atom. The normalized spacial score (nSPS) is 11.0. The number of rotatable bonds is 7. The molecule has 2 aromatic carbocycles. The van der Waals surface area contributed by atoms with E-state index >= 15 is 0 Å². The van der Waals surface area contributed by atoms with Gasteiger partial charge in [-0.25, -0.2) is 8.42 Å². The van der Waals surface area contributed by atoms with E-state index in [0.717, 1.165) is 0 Å². The first kappa shape index (κ1) is 18.3. The van der Waals surface area contributed by atoms with Crippen LogP contribution in [0, 0.1) is 0 Å². The van der Waals surface area contributed by atoms with Crippen LogP contribution in [0.2, 0.25) is 0 Å². The summed E-state index contributed by atoms with van der Waals surface area (Å²) in [6, 6.07) is 12.2. The fraction of sp³-hybridized carbons (Fsp3) is 0.125. The zero-order valence-electron chi connectivity index (χ0n) is 14.2. The molecule has 0 fully saturated rings. The summed E-state index contributed by atoms with van der Waals surface area (Å²) < 4.78 is 33.0. The number of sulfonamides is 1. The lowest BCUT2D eigenvalue weighted by Gasteiger charge is -2.12. The van der Waals surface area contributed by atoms with Crippen LogP contribution in [0.5, 0.6) is 5.75 Å². The molecule has 0 bridgehead atoms. The maximum atomic E-state index is 12.6. The summed E-state index contributed by atoms with van der Waals surface area (Å²) in [5.74, 6) is -0.0399. The van der Waals surface area contributed by atoms with Gasteiger partial charge >= 0.3 is 0 Å². The molecule has 0 aliphatic heterocycles. The Kier molecular flexibility index (Phi) is 5.31. The highest BCUT2D eigenvalue weighted by Crippen LogP contribution is 2.22. The summed E-state index contributed by atoms with van der Waals surface area (Å²) in [5, 5.41) is 15.2. The fourth-order valence-electron chi connectivity index (χ4n) is 2.24. The van der Waals surface area contributed by atoms with Gasteiger partial charge in [-0.05, 0) is 48.5 Å². The number of benzene rings is 2. The largest absolute Gasteiger partial charge is 0.494 e. The topological polar surface area (TPSA) is 139 Å². The molecule has 0 radical (unpaired) electrons. The quantitative estimate of drug-likeness (QED) is 0.559. The van der Waals surface area contributed by atoms with Crippen molar-refractivity contribution in [2.24, 2.45) is 0 Å². The minimum atomic E-state index is -3.90. The molecule has 1 heterocycles. The third-order valence-electron chi connectivity index (χ3n) is 3.43. The van der Waals surface area contributed by atoms with Gasteiger partial charge in [0.15, 0.2) is 0 Å². The molecule has 3 N–H and O–H groups in total. The Morgan fingerprint density at radius 1 is 1.15 bits per heavy atom. The molecule has 27 heavy (non-hydrogen) atoms. The number of H-pyrrole nitrogens is 1. The van der Waals surface area contributed by atoms with Crippen LogP contribution in [-0.4, -0.2) is 41.6 Å². The zero-order chi connectivity index (χ0) is 19.3. The Morgan fingerprint density at radius 3 is 2.56 bits per heavy atom. The van der Waals surface area contributed by atoms with E-state index in [1.54, 1.807) is 24.3 Å². The van der Waals surface area contributed by atoms with Crippen LogP contribution in [0.25, 0.3) is 0 Å². The van der Waals surface area contributed by atoms with Crippen molar-refractivity contribution in [2.75, 3.05) is 16.6 Å². The Bertz CT molecular complexity index is 1020. The summed E-state index contributed by atoms with van der Waals surface area (Å²) in [6.07, 6.45) is 0. The second kappa shape index (κ2) is 7.83. The summed E-state index contributed by atoms with van der Waals surface area (Å²) in [7, 11) is -3.90. The first-order valence-corrected chi connectivity index (χ1v) is 9.37. The van der Waals surface area contributed by atoms with Crippen LogP contribution in [0.4, 0.5) is 11.6 Å². The smallest absolute Gasteiger partial charge is 0.270 e. The number of carbonyl (C=O) groups is 1. The maximum Gasteiger partial charge on any atom is 0.270 e. The molecule has 1 aromatic heterocycles. The van der Waals surface area contributed by atoms with E-state index < -0.39 is 15.9 Å². The molecule has 0 saturated heterocycles. The lowest BCUT2D eigenvalue weighted by Crippen LogP contribution is -2.19. The molecule has 0 unspecified atom stereocenters. The van der Waals surface area contributed by atoms with E-state index in [4.69, 9.17) is 4.74 Å². The van der Waals surface area contributed by atoms with E-state index in [2.05, 4.69) is 30.7 Å². The molecule has 0 saturated carbocycles. The lowest BCUT2D eigenvalue weighted by atomic mass is 10.2. The second-order valence-corrected chi connectivity index (χ2v) is 6.93. The zero-order valence-corrected chi connectivity index (χ0v) is 15.0. The van der Waals surface area contributed by atoms with Crippen LogP contribution < -0.4 is 14.8 Å². The van der Waals surface area contributed by atoms with E-state index in [-0.39, 0.29) is 22.1 Å². The molecule has 0 aliphatic rings. The van der Waals surface area contributed by atoms with Gasteiger partial charge in [-0.2, -0.15) is 5.21 Å². The van der Waals surface area contributed by atoms with E-state index in [1.165, 1.54) is 24.3 Å². The molecule has 0 spiro atoms. The van der Waals surface area contributed by atoms with Crippen LogP contribution >= 0.6 is 0 Å². The number of hydrogen-bond donors (Lipinski definition) is 3. The molecular weight excluding hydrogens is 372 g/mol. The lowest BCUT2D eigenvalue weighted by molar-refractivity contribution is 0.102. The van der Waals surface area contributed by atoms with Gasteiger partial charge in [-0.3, -0.25) is 14.8 Å². The van der Waals surface area contributed by atoms with Gasteiger partial charge in [0.05, 0.1) is 22.8 Å². The molecule has 10 nitrogen and oxygen atoms in total. The van der Waals surface area contributed by atoms with Gasteiger partial charge < -0.3 is 4.74 Å². The maximum absolute atomic E-state index is 12.6. The predicted octanol–water partition coefficient (Wildman–Crippen LogP) is 1.65. The molecule has 11 heteroatoms. The van der Waals surface area contributed by atoms with E-state index in [9.17, 15) is 13.2 Å². The second-order valence-electron chi connectivity index (χ2n) is 5.25. The van der Waals surface area contributed by atoms with Gasteiger partial charge in [0, 0.05) is 0 Å². The van der Waals surface area contributed by atoms with Gasteiger partial charge in [-0.1, -0.05) is 17.2 Å². The number of carbonyl (C=O) groups excluding carboxylic acids is 1. The summed E-state index contributed by atoms with van der Waals surface area (Å²) in [5.41, 5.74) is 0.226. The van der Waals surface area contributed by atoms with Gasteiger partial charge in [-0.15, -0.1) is 5.10 Å². The minimum absolute atomic E-state index is 0.0239. The molecule has 3 rings (SSSR count). The average Bonchev–Trinajstić information content (AvgIpc) is 3.15. The van der Waals surface area contributed by atoms with Crippen LogP contribution in [0.1, 0.15) is 17.3 Å². The van der Waals surface area contributed by atoms with Gasteiger partial charge in [0.25, 0.3) is 21.9 Å². The SMILES string of the molecule is CCOc1ccc(S(=O)(=O)Nc2ccccc2C(=O)Nc2nn[nH]n2)cc1. The van der Waals surface area contributed by atoms with Crippen molar-refractivity contribution in [1.82, 2.24) is 20.6 Å². The Hall–Kier alpha value is -3.47. The highest BCUT2D eigenvalue weighted by Gasteiger charge is 2.19. The number of para-hydroxylation sites is 1. The van der Waals surface area contributed by atoms with Crippen molar-refractivity contribution >= 4 is 27.6 Å². The van der Waals surface area contributed by atoms with E-state index in [1.807, 2.05) is 6.92 Å². The molecule has 3 aromatic rings. The first-order valence-electron chi connectivity index (χ1n) is 7.89. The van der Waals surface area contributed by atoms with Crippen molar-refractivity contribution in [3.63, 3.8) is 0 Å². The van der Waals surface area contributed by atoms with Crippen molar-refractivity contribution in [2.45, 2.75) is 11.8 Å². The number of tetrazole rings is 1. The average molecular weight is 388 g/mol. The number of nitrogens with zero attached hydrogens (tertiary/aromatic N) is 3. The highest BCUT2D eigenvalue weighted by atomic mass is 32.2. The van der Waals surface area contributed by atoms with Crippen molar-refractivity contribution in [3.8, 4) is 5.75 Å². The number of anilines is 2. The number of hydrogen-bond acceptors (Lipinski definition) is 7. The van der Waals surface area contributed by atoms with Crippen molar-refractivity contribution in [3.05, 3.63) is 54.1 Å².